The Labute approximate surface area is 229 Å². The molecular formula is C31H37BrN2O3. The summed E-state index contributed by atoms with van der Waals surface area (Å²) in [6.45, 7) is 8.27. The molecule has 37 heavy (non-hydrogen) atoms. The van der Waals surface area contributed by atoms with Crippen molar-refractivity contribution in [1.29, 1.82) is 0 Å². The lowest BCUT2D eigenvalue weighted by Gasteiger charge is -2.32. The highest BCUT2D eigenvalue weighted by Gasteiger charge is 2.31. The molecule has 6 heteroatoms. The molecule has 0 aromatic heterocycles. The zero-order valence-electron chi connectivity index (χ0n) is 22.2. The number of ether oxygens (including phenoxy) is 1. The van der Waals surface area contributed by atoms with E-state index in [1.807, 2.05) is 93.6 Å². The largest absolute Gasteiger partial charge is 0.483 e. The number of hydrogen-bond acceptors (Lipinski definition) is 3. The second-order valence-corrected chi connectivity index (χ2v) is 10.2. The molecule has 196 valence electrons. The molecule has 2 atom stereocenters. The Hall–Kier alpha value is -3.12. The third-order valence-electron chi connectivity index (χ3n) is 6.63. The van der Waals surface area contributed by atoms with Crippen molar-refractivity contribution in [3.05, 3.63) is 99.5 Å². The number of rotatable bonds is 12. The molecule has 0 heterocycles. The van der Waals surface area contributed by atoms with Crippen LogP contribution in [0.3, 0.4) is 0 Å². The van der Waals surface area contributed by atoms with Gasteiger partial charge in [-0.1, -0.05) is 74.5 Å². The summed E-state index contributed by atoms with van der Waals surface area (Å²) in [5, 5.41) is 3.10. The Bertz CT molecular complexity index is 1180. The molecule has 2 unspecified atom stereocenters. The predicted octanol–water partition coefficient (Wildman–Crippen LogP) is 6.25. The van der Waals surface area contributed by atoms with E-state index in [0.717, 1.165) is 34.0 Å². The van der Waals surface area contributed by atoms with Gasteiger partial charge < -0.3 is 15.0 Å². The normalized spacial score (nSPS) is 12.5. The summed E-state index contributed by atoms with van der Waals surface area (Å²) in [6.07, 6.45) is 2.13. The molecule has 1 N–H and O–H groups in total. The van der Waals surface area contributed by atoms with Gasteiger partial charge in [0.2, 0.25) is 5.91 Å². The van der Waals surface area contributed by atoms with Gasteiger partial charge in [-0.25, -0.2) is 0 Å². The van der Waals surface area contributed by atoms with Crippen molar-refractivity contribution in [1.82, 2.24) is 10.2 Å². The van der Waals surface area contributed by atoms with Crippen LogP contribution in [-0.2, 0) is 29.0 Å². The number of nitrogens with one attached hydrogen (secondary N) is 1. The molecule has 0 aliphatic carbocycles. The van der Waals surface area contributed by atoms with Gasteiger partial charge in [-0.05, 0) is 77.0 Å². The van der Waals surface area contributed by atoms with E-state index in [-0.39, 0.29) is 24.5 Å². The van der Waals surface area contributed by atoms with Crippen molar-refractivity contribution in [2.24, 2.45) is 0 Å². The third-order valence-corrected chi connectivity index (χ3v) is 7.25. The highest BCUT2D eigenvalue weighted by Crippen LogP contribution is 2.26. The Kier molecular flexibility index (Phi) is 10.8. The molecule has 2 amide bonds. The second-order valence-electron chi connectivity index (χ2n) is 9.38. The SMILES string of the molecule is CCc1ccc(OCC(=O)N(Cc2ccccc2C)C(Cc2ccccc2)C(=O)NC(C)CC)c(Br)c1. The van der Waals surface area contributed by atoms with Crippen LogP contribution in [-0.4, -0.2) is 35.4 Å². The first-order chi connectivity index (χ1) is 17.8. The van der Waals surface area contributed by atoms with Gasteiger partial charge in [0.15, 0.2) is 6.61 Å². The third kappa shape index (κ3) is 8.19. The topological polar surface area (TPSA) is 58.6 Å². The minimum atomic E-state index is -0.682. The maximum Gasteiger partial charge on any atom is 0.261 e. The quantitative estimate of drug-likeness (QED) is 0.282. The van der Waals surface area contributed by atoms with Crippen molar-refractivity contribution in [2.75, 3.05) is 6.61 Å². The summed E-state index contributed by atoms with van der Waals surface area (Å²) in [6, 6.07) is 23.0. The second kappa shape index (κ2) is 14.0. The standard InChI is InChI=1S/C31H37BrN2O3/c1-5-23(4)33-31(36)28(19-25-13-8-7-9-14-25)34(20-26-15-11-10-12-22(26)3)30(35)21-37-29-17-16-24(6-2)18-27(29)32/h7-18,23,28H,5-6,19-21H2,1-4H3,(H,33,36). The van der Waals surface area contributed by atoms with Gasteiger partial charge in [-0.15, -0.1) is 0 Å². The van der Waals surface area contributed by atoms with Crippen LogP contribution in [0.1, 0.15) is 49.4 Å². The van der Waals surface area contributed by atoms with Crippen LogP contribution in [0.25, 0.3) is 0 Å². The van der Waals surface area contributed by atoms with Crippen LogP contribution < -0.4 is 10.1 Å². The van der Waals surface area contributed by atoms with Crippen molar-refractivity contribution < 1.29 is 14.3 Å². The number of halogens is 1. The highest BCUT2D eigenvalue weighted by atomic mass is 79.9. The first kappa shape index (κ1) is 28.5. The summed E-state index contributed by atoms with van der Waals surface area (Å²) < 4.78 is 6.77. The number of carbonyl (C=O) groups excluding carboxylic acids is 2. The van der Waals surface area contributed by atoms with E-state index >= 15 is 0 Å². The van der Waals surface area contributed by atoms with Gasteiger partial charge in [0.25, 0.3) is 5.91 Å². The fourth-order valence-corrected chi connectivity index (χ4v) is 4.61. The van der Waals surface area contributed by atoms with Crippen LogP contribution >= 0.6 is 15.9 Å². The molecule has 0 bridgehead atoms. The van der Waals surface area contributed by atoms with E-state index in [1.165, 1.54) is 5.56 Å². The van der Waals surface area contributed by atoms with Crippen LogP contribution in [0.5, 0.6) is 5.75 Å². The summed E-state index contributed by atoms with van der Waals surface area (Å²) in [5.41, 5.74) is 4.24. The first-order valence-electron chi connectivity index (χ1n) is 12.9. The Morgan fingerprint density at radius 2 is 1.68 bits per heavy atom. The Morgan fingerprint density at radius 1 is 0.973 bits per heavy atom. The monoisotopic (exact) mass is 564 g/mol. The number of amides is 2. The lowest BCUT2D eigenvalue weighted by molar-refractivity contribution is -0.143. The maximum absolute atomic E-state index is 13.8. The molecule has 3 rings (SSSR count). The molecule has 0 aliphatic heterocycles. The zero-order valence-corrected chi connectivity index (χ0v) is 23.8. The van der Waals surface area contributed by atoms with E-state index in [4.69, 9.17) is 4.74 Å². The Morgan fingerprint density at radius 3 is 2.32 bits per heavy atom. The van der Waals surface area contributed by atoms with Crippen molar-refractivity contribution in [2.45, 2.75) is 65.6 Å². The molecule has 0 saturated carbocycles. The van der Waals surface area contributed by atoms with E-state index in [0.29, 0.717) is 18.7 Å². The van der Waals surface area contributed by atoms with Gasteiger partial charge >= 0.3 is 0 Å². The molecule has 3 aromatic rings. The fraction of sp³-hybridized carbons (Fsp3) is 0.355. The fourth-order valence-electron chi connectivity index (χ4n) is 4.07. The van der Waals surface area contributed by atoms with Crippen molar-refractivity contribution in [3.63, 3.8) is 0 Å². The summed E-state index contributed by atoms with van der Waals surface area (Å²) >= 11 is 3.56. The lowest BCUT2D eigenvalue weighted by atomic mass is 10.0. The van der Waals surface area contributed by atoms with E-state index in [1.54, 1.807) is 4.90 Å². The predicted molar refractivity (Wildman–Crippen MR) is 153 cm³/mol. The van der Waals surface area contributed by atoms with Gasteiger partial charge in [0.05, 0.1) is 4.47 Å². The average molecular weight is 566 g/mol. The van der Waals surface area contributed by atoms with Crippen molar-refractivity contribution in [3.8, 4) is 5.75 Å². The van der Waals surface area contributed by atoms with E-state index in [2.05, 4.69) is 28.2 Å². The zero-order chi connectivity index (χ0) is 26.8. The molecule has 0 aliphatic rings. The molecule has 0 radical (unpaired) electrons. The van der Waals surface area contributed by atoms with Gasteiger partial charge in [0, 0.05) is 19.0 Å². The van der Waals surface area contributed by atoms with Crippen LogP contribution in [0.15, 0.2) is 77.3 Å². The number of carbonyl (C=O) groups is 2. The molecule has 5 nitrogen and oxygen atoms in total. The van der Waals surface area contributed by atoms with Gasteiger partial charge in [-0.3, -0.25) is 9.59 Å². The maximum atomic E-state index is 13.8. The molecule has 0 saturated heterocycles. The lowest BCUT2D eigenvalue weighted by Crippen LogP contribution is -2.53. The summed E-state index contributed by atoms with van der Waals surface area (Å²) in [5.74, 6) is 0.202. The molecule has 0 fully saturated rings. The van der Waals surface area contributed by atoms with Crippen LogP contribution in [0, 0.1) is 6.92 Å². The van der Waals surface area contributed by atoms with Crippen molar-refractivity contribution >= 4 is 27.7 Å². The highest BCUT2D eigenvalue weighted by molar-refractivity contribution is 9.10. The minimum Gasteiger partial charge on any atom is -0.483 e. The Balaban J connectivity index is 1.93. The van der Waals surface area contributed by atoms with E-state index < -0.39 is 6.04 Å². The average Bonchev–Trinajstić information content (AvgIpc) is 2.91. The van der Waals surface area contributed by atoms with Crippen LogP contribution in [0.2, 0.25) is 0 Å². The smallest absolute Gasteiger partial charge is 0.261 e. The molecule has 0 spiro atoms. The number of aryl methyl sites for hydroxylation is 2. The van der Waals surface area contributed by atoms with Gasteiger partial charge in [-0.2, -0.15) is 0 Å². The molecule has 3 aromatic carbocycles. The summed E-state index contributed by atoms with van der Waals surface area (Å²) in [4.78, 5) is 29.0. The number of benzene rings is 3. The first-order valence-corrected chi connectivity index (χ1v) is 13.7. The van der Waals surface area contributed by atoms with Crippen LogP contribution in [0.4, 0.5) is 0 Å². The van der Waals surface area contributed by atoms with Gasteiger partial charge in [0.1, 0.15) is 11.8 Å². The summed E-state index contributed by atoms with van der Waals surface area (Å²) in [7, 11) is 0. The minimum absolute atomic E-state index is 0.00507. The van der Waals surface area contributed by atoms with E-state index in [9.17, 15) is 9.59 Å². The number of nitrogens with zero attached hydrogens (tertiary/aromatic N) is 1. The molecular weight excluding hydrogens is 528 g/mol. The number of hydrogen-bond donors (Lipinski definition) is 1.